The third-order valence-electron chi connectivity index (χ3n) is 6.85. The van der Waals surface area contributed by atoms with Crippen LogP contribution in [0.1, 0.15) is 23.2 Å². The summed E-state index contributed by atoms with van der Waals surface area (Å²) < 4.78 is 94.2. The zero-order chi connectivity index (χ0) is 31.5. The molecule has 1 aromatic heterocycles. The number of thioether (sulfide) groups is 1. The lowest BCUT2D eigenvalue weighted by atomic mass is 10.1. The van der Waals surface area contributed by atoms with Crippen molar-refractivity contribution in [1.29, 1.82) is 0 Å². The second-order valence-electron chi connectivity index (χ2n) is 9.97. The van der Waals surface area contributed by atoms with E-state index in [-0.39, 0.29) is 17.9 Å². The molecule has 2 atom stereocenters. The Morgan fingerprint density at radius 3 is 2.32 bits per heavy atom. The highest BCUT2D eigenvalue weighted by Crippen LogP contribution is 2.32. The van der Waals surface area contributed by atoms with Crippen LogP contribution in [0.4, 0.5) is 22.0 Å². The highest BCUT2D eigenvalue weighted by atomic mass is 32.2. The van der Waals surface area contributed by atoms with Crippen molar-refractivity contribution in [3.05, 3.63) is 108 Å². The predicted octanol–water partition coefficient (Wildman–Crippen LogP) is 6.01. The van der Waals surface area contributed by atoms with Crippen molar-refractivity contribution in [2.75, 3.05) is 6.54 Å². The molecule has 1 N–H and O–H groups in total. The van der Waals surface area contributed by atoms with Gasteiger partial charge in [-0.2, -0.15) is 17.5 Å². The number of benzene rings is 3. The van der Waals surface area contributed by atoms with Gasteiger partial charge in [0.1, 0.15) is 18.0 Å². The number of alkyl halides is 4. The maximum atomic E-state index is 14.4. The summed E-state index contributed by atoms with van der Waals surface area (Å²) in [5.74, 6) is -0.909. The van der Waals surface area contributed by atoms with Gasteiger partial charge >= 0.3 is 6.18 Å². The molecular weight excluding hydrogens is 623 g/mol. The van der Waals surface area contributed by atoms with Crippen molar-refractivity contribution >= 4 is 27.7 Å². The van der Waals surface area contributed by atoms with Crippen LogP contribution in [-0.4, -0.2) is 47.4 Å². The fourth-order valence-electron chi connectivity index (χ4n) is 4.63. The summed E-state index contributed by atoms with van der Waals surface area (Å²) in [5.41, 5.74) is 1.19. The van der Waals surface area contributed by atoms with Gasteiger partial charge in [0.2, 0.25) is 15.9 Å². The van der Waals surface area contributed by atoms with Crippen LogP contribution in [0.3, 0.4) is 0 Å². The van der Waals surface area contributed by atoms with E-state index in [1.807, 2.05) is 30.3 Å². The van der Waals surface area contributed by atoms with Crippen LogP contribution in [0.15, 0.2) is 95.0 Å². The molecule has 0 aliphatic carbocycles. The Bertz CT molecular complexity index is 1720. The van der Waals surface area contributed by atoms with Gasteiger partial charge in [0, 0.05) is 24.3 Å². The van der Waals surface area contributed by atoms with Gasteiger partial charge in [-0.3, -0.25) is 4.79 Å². The summed E-state index contributed by atoms with van der Waals surface area (Å²) in [4.78, 5) is 21.9. The minimum atomic E-state index is -4.51. The zero-order valence-corrected chi connectivity index (χ0v) is 24.5. The van der Waals surface area contributed by atoms with Crippen LogP contribution < -0.4 is 5.32 Å². The Balaban J connectivity index is 1.37. The van der Waals surface area contributed by atoms with Crippen molar-refractivity contribution in [3.8, 4) is 11.3 Å². The average molecular weight is 649 g/mol. The second kappa shape index (κ2) is 13.0. The number of hydrogen-bond acceptors (Lipinski definition) is 6. The summed E-state index contributed by atoms with van der Waals surface area (Å²) in [6.07, 6.45) is -6.47. The molecule has 0 radical (unpaired) electrons. The Labute approximate surface area is 254 Å². The molecule has 5 rings (SSSR count). The number of carbonyl (C=O) groups is 1. The SMILES string of the molecule is O=C(NCc1cc(-c2ccc(C(F)(F)F)cc2)nc(SCc2ccccc2)n1)[C@@H]1C[C@@H](F)CN1S(=O)(=O)c1ccc(F)cc1. The number of aromatic nitrogens is 2. The smallest absolute Gasteiger partial charge is 0.349 e. The summed E-state index contributed by atoms with van der Waals surface area (Å²) >= 11 is 1.29. The van der Waals surface area contributed by atoms with Crippen LogP contribution in [0.5, 0.6) is 0 Å². The van der Waals surface area contributed by atoms with E-state index in [2.05, 4.69) is 15.3 Å². The van der Waals surface area contributed by atoms with E-state index < -0.39 is 52.2 Å². The first-order valence-electron chi connectivity index (χ1n) is 13.3. The summed E-state index contributed by atoms with van der Waals surface area (Å²) in [7, 11) is -4.31. The van der Waals surface area contributed by atoms with Crippen LogP contribution in [0.2, 0.25) is 0 Å². The molecule has 0 unspecified atom stereocenters. The van der Waals surface area contributed by atoms with Gasteiger partial charge in [0.15, 0.2) is 5.16 Å². The molecule has 1 aliphatic heterocycles. The topological polar surface area (TPSA) is 92.3 Å². The highest BCUT2D eigenvalue weighted by molar-refractivity contribution is 7.98. The highest BCUT2D eigenvalue weighted by Gasteiger charge is 2.44. The molecule has 7 nitrogen and oxygen atoms in total. The van der Waals surface area contributed by atoms with Gasteiger partial charge in [-0.25, -0.2) is 27.2 Å². The first kappa shape index (κ1) is 31.5. The number of nitrogens with zero attached hydrogens (tertiary/aromatic N) is 3. The standard InChI is InChI=1S/C30H25F5N4O3S2/c31-22-10-12-25(13-11-22)44(41,42)39-17-23(32)14-27(39)28(40)36-16-24-15-26(20-6-8-21(9-7-20)30(33,34)35)38-29(37-24)43-18-19-4-2-1-3-5-19/h1-13,15,23,27H,14,16-18H2,(H,36,40)/t23-,27+/m1/s1. The van der Waals surface area contributed by atoms with Gasteiger partial charge in [-0.1, -0.05) is 54.2 Å². The van der Waals surface area contributed by atoms with E-state index in [0.29, 0.717) is 27.9 Å². The Kier molecular flexibility index (Phi) is 9.32. The molecule has 1 aliphatic rings. The fraction of sp³-hybridized carbons (Fsp3) is 0.233. The molecule has 230 valence electrons. The fourth-order valence-corrected chi connectivity index (χ4v) is 7.08. The second-order valence-corrected chi connectivity index (χ2v) is 12.8. The molecule has 44 heavy (non-hydrogen) atoms. The van der Waals surface area contributed by atoms with Crippen LogP contribution in [0.25, 0.3) is 11.3 Å². The van der Waals surface area contributed by atoms with Crippen LogP contribution >= 0.6 is 11.8 Å². The Hall–Kier alpha value is -3.88. The normalized spacial score (nSPS) is 17.5. The monoisotopic (exact) mass is 648 g/mol. The largest absolute Gasteiger partial charge is 0.416 e. The molecular formula is C30H25F5N4O3S2. The van der Waals surface area contributed by atoms with Gasteiger partial charge in [-0.15, -0.1) is 0 Å². The van der Waals surface area contributed by atoms with Crippen molar-refractivity contribution in [3.63, 3.8) is 0 Å². The number of halogens is 5. The lowest BCUT2D eigenvalue weighted by Crippen LogP contribution is -2.45. The Morgan fingerprint density at radius 2 is 1.66 bits per heavy atom. The number of rotatable bonds is 9. The molecule has 1 saturated heterocycles. The lowest BCUT2D eigenvalue weighted by Gasteiger charge is -2.23. The van der Waals surface area contributed by atoms with Crippen molar-refractivity contribution in [2.45, 2.75) is 47.2 Å². The molecule has 3 aromatic carbocycles. The maximum absolute atomic E-state index is 14.4. The van der Waals surface area contributed by atoms with Gasteiger partial charge < -0.3 is 5.32 Å². The zero-order valence-electron chi connectivity index (χ0n) is 22.8. The van der Waals surface area contributed by atoms with Gasteiger partial charge in [0.25, 0.3) is 0 Å². The van der Waals surface area contributed by atoms with Crippen molar-refractivity contribution in [1.82, 2.24) is 19.6 Å². The molecule has 0 spiro atoms. The molecule has 1 fully saturated rings. The molecule has 2 heterocycles. The van der Waals surface area contributed by atoms with E-state index in [1.165, 1.54) is 30.0 Å². The number of nitrogens with one attached hydrogen (secondary N) is 1. The molecule has 0 bridgehead atoms. The van der Waals surface area contributed by atoms with E-state index >= 15 is 0 Å². The molecule has 1 amide bonds. The third-order valence-corrected chi connectivity index (χ3v) is 9.66. The first-order valence-corrected chi connectivity index (χ1v) is 15.7. The average Bonchev–Trinajstić information content (AvgIpc) is 3.42. The third kappa shape index (κ3) is 7.42. The van der Waals surface area contributed by atoms with Crippen molar-refractivity contribution < 1.29 is 35.2 Å². The van der Waals surface area contributed by atoms with Crippen LogP contribution in [0, 0.1) is 5.82 Å². The summed E-state index contributed by atoms with van der Waals surface area (Å²) in [5, 5.41) is 2.92. The quantitative estimate of drug-likeness (QED) is 0.136. The Morgan fingerprint density at radius 1 is 0.977 bits per heavy atom. The van der Waals surface area contributed by atoms with Gasteiger partial charge in [0.05, 0.1) is 28.4 Å². The summed E-state index contributed by atoms with van der Waals surface area (Å²) in [6, 6.07) is 18.1. The van der Waals surface area contributed by atoms with E-state index in [0.717, 1.165) is 46.3 Å². The molecule has 4 aromatic rings. The number of carbonyl (C=O) groups excluding carboxylic acids is 1. The first-order chi connectivity index (χ1) is 20.9. The molecule has 14 heteroatoms. The van der Waals surface area contributed by atoms with E-state index in [4.69, 9.17) is 0 Å². The van der Waals surface area contributed by atoms with E-state index in [1.54, 1.807) is 0 Å². The number of sulfonamides is 1. The minimum absolute atomic E-state index is 0.189. The van der Waals surface area contributed by atoms with Crippen LogP contribution in [-0.2, 0) is 33.3 Å². The minimum Gasteiger partial charge on any atom is -0.349 e. The lowest BCUT2D eigenvalue weighted by molar-refractivity contribution is -0.137. The number of amides is 1. The van der Waals surface area contributed by atoms with E-state index in [9.17, 15) is 35.2 Å². The number of hydrogen-bond donors (Lipinski definition) is 1. The summed E-state index contributed by atoms with van der Waals surface area (Å²) in [6.45, 7) is -0.727. The van der Waals surface area contributed by atoms with Gasteiger partial charge in [-0.05, 0) is 48.0 Å². The van der Waals surface area contributed by atoms with Crippen molar-refractivity contribution in [2.24, 2.45) is 0 Å². The predicted molar refractivity (Wildman–Crippen MR) is 154 cm³/mol. The molecule has 0 saturated carbocycles. The maximum Gasteiger partial charge on any atom is 0.416 e.